The Morgan fingerprint density at radius 2 is 2.09 bits per heavy atom. The normalized spacial score (nSPS) is 24.0. The third-order valence-corrected chi connectivity index (χ3v) is 7.15. The summed E-state index contributed by atoms with van der Waals surface area (Å²) in [6.07, 6.45) is 3.17. The number of carbonyl (C=O) groups excluding carboxylic acids is 2. The van der Waals surface area contributed by atoms with E-state index in [0.29, 0.717) is 23.7 Å². The van der Waals surface area contributed by atoms with Gasteiger partial charge in [-0.15, -0.1) is 0 Å². The van der Waals surface area contributed by atoms with Crippen LogP contribution in [0.25, 0.3) is 11.1 Å². The highest BCUT2D eigenvalue weighted by Gasteiger charge is 2.43. The van der Waals surface area contributed by atoms with Crippen LogP contribution in [0, 0.1) is 28.9 Å². The fraction of sp³-hybridized carbons (Fsp3) is 0.400. The van der Waals surface area contributed by atoms with Gasteiger partial charge in [0.1, 0.15) is 17.7 Å². The van der Waals surface area contributed by atoms with Crippen LogP contribution in [0.4, 0.5) is 14.5 Å². The van der Waals surface area contributed by atoms with Crippen molar-refractivity contribution in [2.45, 2.75) is 50.2 Å². The average Bonchev–Trinajstić information content (AvgIpc) is 3.51. The molecule has 0 radical (unpaired) electrons. The molecule has 2 aliphatic heterocycles. The van der Waals surface area contributed by atoms with Crippen molar-refractivity contribution in [3.63, 3.8) is 0 Å². The Morgan fingerprint density at radius 3 is 2.79 bits per heavy atom. The van der Waals surface area contributed by atoms with Crippen LogP contribution in [0.15, 0.2) is 30.3 Å². The molecule has 8 heteroatoms. The first-order chi connectivity index (χ1) is 15.8. The van der Waals surface area contributed by atoms with Gasteiger partial charge >= 0.3 is 0 Å². The van der Waals surface area contributed by atoms with Crippen LogP contribution in [0.1, 0.15) is 30.4 Å². The van der Waals surface area contributed by atoms with Gasteiger partial charge in [0, 0.05) is 30.8 Å². The van der Waals surface area contributed by atoms with Gasteiger partial charge in [-0.25, -0.2) is 8.78 Å². The number of rotatable bonds is 5. The van der Waals surface area contributed by atoms with Gasteiger partial charge in [-0.05, 0) is 60.1 Å². The Kier molecular flexibility index (Phi) is 5.37. The number of likely N-dealkylation sites (N-methyl/N-ethyl adjacent to an activating group) is 1. The zero-order valence-electron chi connectivity index (χ0n) is 18.2. The van der Waals surface area contributed by atoms with Gasteiger partial charge in [-0.2, -0.15) is 5.26 Å². The summed E-state index contributed by atoms with van der Waals surface area (Å²) in [7, 11) is 1.65. The topological polar surface area (TPSA) is 85.2 Å². The number of amides is 2. The molecule has 1 unspecified atom stereocenters. The first kappa shape index (κ1) is 21.5. The molecule has 2 amide bonds. The highest BCUT2D eigenvalue weighted by atomic mass is 19.1. The summed E-state index contributed by atoms with van der Waals surface area (Å²) in [5.74, 6) is -1.32. The highest BCUT2D eigenvalue weighted by molar-refractivity contribution is 6.01. The molecule has 0 spiro atoms. The number of hydrogen-bond acceptors (Lipinski definition) is 4. The van der Waals surface area contributed by atoms with E-state index >= 15 is 0 Å². The van der Waals surface area contributed by atoms with Crippen molar-refractivity contribution < 1.29 is 18.4 Å². The molecule has 5 rings (SSSR count). The summed E-state index contributed by atoms with van der Waals surface area (Å²) in [5.41, 5.74) is 2.10. The van der Waals surface area contributed by atoms with Crippen molar-refractivity contribution in [2.75, 3.05) is 11.9 Å². The monoisotopic (exact) mass is 450 g/mol. The predicted molar refractivity (Wildman–Crippen MR) is 118 cm³/mol. The number of benzene rings is 2. The number of anilines is 1. The minimum atomic E-state index is -0.960. The van der Waals surface area contributed by atoms with Crippen LogP contribution >= 0.6 is 0 Å². The molecule has 2 bridgehead atoms. The van der Waals surface area contributed by atoms with Crippen molar-refractivity contribution in [1.82, 2.24) is 10.6 Å². The lowest BCUT2D eigenvalue weighted by Gasteiger charge is -2.23. The van der Waals surface area contributed by atoms with Crippen LogP contribution < -0.4 is 15.5 Å². The number of halogens is 2. The summed E-state index contributed by atoms with van der Waals surface area (Å²) in [5, 5.41) is 15.5. The fourth-order valence-electron chi connectivity index (χ4n) is 5.34. The lowest BCUT2D eigenvalue weighted by Crippen LogP contribution is -2.50. The largest absolute Gasteiger partial charge is 0.339 e. The standard InChI is InChI=1S/C25H24F2N4O2/c1-31-22-9-13(2-3-14(22)10-23(31)32)19-11-20(26)16(8-21(19)27)7-18(12-28)30-25(33)24-15-4-5-17(6-15)29-24/h2-3,8-9,11,15,17-18,24,29H,4-7,10H2,1H3,(H,30,33)/t15-,17+,18?,24-/m0/s1. The second kappa shape index (κ2) is 8.23. The van der Waals surface area contributed by atoms with Crippen molar-refractivity contribution in [3.05, 3.63) is 53.1 Å². The molecular formula is C25H24F2N4O2. The molecule has 2 heterocycles. The molecule has 1 saturated carbocycles. The van der Waals surface area contributed by atoms with E-state index in [1.807, 2.05) is 6.07 Å². The Labute approximate surface area is 190 Å². The fourth-order valence-corrected chi connectivity index (χ4v) is 5.34. The molecule has 4 atom stereocenters. The lowest BCUT2D eigenvalue weighted by atomic mass is 9.97. The quantitative estimate of drug-likeness (QED) is 0.734. The second-order valence-corrected chi connectivity index (χ2v) is 9.21. The lowest BCUT2D eigenvalue weighted by molar-refractivity contribution is -0.124. The zero-order chi connectivity index (χ0) is 23.3. The van der Waals surface area contributed by atoms with Gasteiger partial charge in [0.25, 0.3) is 0 Å². The van der Waals surface area contributed by atoms with E-state index in [-0.39, 0.29) is 41.3 Å². The number of nitriles is 1. The highest BCUT2D eigenvalue weighted by Crippen LogP contribution is 2.36. The Balaban J connectivity index is 1.33. The summed E-state index contributed by atoms with van der Waals surface area (Å²) < 4.78 is 29.9. The maximum absolute atomic E-state index is 15.0. The average molecular weight is 450 g/mol. The molecule has 6 nitrogen and oxygen atoms in total. The van der Waals surface area contributed by atoms with E-state index in [2.05, 4.69) is 10.6 Å². The number of carbonyl (C=O) groups is 2. The zero-order valence-corrected chi connectivity index (χ0v) is 18.2. The molecular weight excluding hydrogens is 426 g/mol. The van der Waals surface area contributed by atoms with Gasteiger partial charge in [0.15, 0.2) is 0 Å². The first-order valence-electron chi connectivity index (χ1n) is 11.2. The summed E-state index contributed by atoms with van der Waals surface area (Å²) >= 11 is 0. The van der Waals surface area contributed by atoms with Gasteiger partial charge < -0.3 is 15.5 Å². The molecule has 0 aromatic heterocycles. The Bertz CT molecular complexity index is 1190. The van der Waals surface area contributed by atoms with E-state index < -0.39 is 17.7 Å². The van der Waals surface area contributed by atoms with Gasteiger partial charge in [-0.3, -0.25) is 9.59 Å². The van der Waals surface area contributed by atoms with Gasteiger partial charge in [0.05, 0.1) is 18.5 Å². The maximum atomic E-state index is 15.0. The van der Waals surface area contributed by atoms with Crippen LogP contribution in [0.2, 0.25) is 0 Å². The van der Waals surface area contributed by atoms with E-state index in [0.717, 1.165) is 37.0 Å². The molecule has 2 aromatic rings. The summed E-state index contributed by atoms with van der Waals surface area (Å²) in [4.78, 5) is 26.0. The molecule has 2 N–H and O–H groups in total. The van der Waals surface area contributed by atoms with Gasteiger partial charge in [-0.1, -0.05) is 12.1 Å². The second-order valence-electron chi connectivity index (χ2n) is 9.21. The van der Waals surface area contributed by atoms with Crippen LogP contribution in [-0.2, 0) is 22.4 Å². The molecule has 3 aliphatic rings. The van der Waals surface area contributed by atoms with Crippen LogP contribution in [0.5, 0.6) is 0 Å². The smallest absolute Gasteiger partial charge is 0.238 e. The molecule has 1 aliphatic carbocycles. The number of nitrogens with zero attached hydrogens (tertiary/aromatic N) is 2. The molecule has 1 saturated heterocycles. The van der Waals surface area contributed by atoms with E-state index in [1.165, 1.54) is 4.90 Å². The maximum Gasteiger partial charge on any atom is 0.238 e. The van der Waals surface area contributed by atoms with Crippen molar-refractivity contribution >= 4 is 17.5 Å². The van der Waals surface area contributed by atoms with Crippen LogP contribution in [-0.4, -0.2) is 37.0 Å². The SMILES string of the molecule is CN1C(=O)Cc2ccc(-c3cc(F)c(CC(C#N)NC(=O)[C@H]4N[C@@H]5CC[C@H]4C5)cc3F)cc21. The van der Waals surface area contributed by atoms with Crippen LogP contribution in [0.3, 0.4) is 0 Å². The minimum Gasteiger partial charge on any atom is -0.339 e. The number of piperidine rings is 1. The van der Waals surface area contributed by atoms with Crippen molar-refractivity contribution in [2.24, 2.45) is 5.92 Å². The number of fused-ring (bicyclic) bond motifs is 3. The number of hydrogen-bond donors (Lipinski definition) is 2. The predicted octanol–water partition coefficient (Wildman–Crippen LogP) is 2.84. The third-order valence-electron chi connectivity index (χ3n) is 7.15. The molecule has 170 valence electrons. The third kappa shape index (κ3) is 3.87. The first-order valence-corrected chi connectivity index (χ1v) is 11.2. The van der Waals surface area contributed by atoms with Crippen molar-refractivity contribution in [3.8, 4) is 17.2 Å². The summed E-state index contributed by atoms with van der Waals surface area (Å²) in [6.45, 7) is 0. The van der Waals surface area contributed by atoms with E-state index in [1.54, 1.807) is 25.2 Å². The van der Waals surface area contributed by atoms with Gasteiger partial charge in [0.2, 0.25) is 11.8 Å². The number of nitrogens with one attached hydrogen (secondary N) is 2. The van der Waals surface area contributed by atoms with E-state index in [9.17, 15) is 23.6 Å². The molecule has 33 heavy (non-hydrogen) atoms. The van der Waals surface area contributed by atoms with E-state index in [4.69, 9.17) is 0 Å². The molecule has 2 fully saturated rings. The Hall–Kier alpha value is -3.31. The minimum absolute atomic E-state index is 0.0254. The summed E-state index contributed by atoms with van der Waals surface area (Å²) in [6, 6.07) is 8.35. The molecule has 2 aromatic carbocycles. The Morgan fingerprint density at radius 1 is 1.27 bits per heavy atom. The van der Waals surface area contributed by atoms with Crippen molar-refractivity contribution in [1.29, 1.82) is 5.26 Å².